The van der Waals surface area contributed by atoms with Crippen LogP contribution in [0, 0.1) is 18.3 Å². The van der Waals surface area contributed by atoms with Gasteiger partial charge in [0.15, 0.2) is 0 Å². The molecule has 0 aliphatic rings. The molecular weight excluding hydrogens is 234 g/mol. The molecule has 0 atom stereocenters. The topological polar surface area (TPSA) is 48.7 Å². The number of hydrogen-bond acceptors (Lipinski definition) is 3. The Morgan fingerprint density at radius 3 is 2.76 bits per heavy atom. The highest BCUT2D eigenvalue weighted by Crippen LogP contribution is 2.27. The van der Waals surface area contributed by atoms with Gasteiger partial charge in [0, 0.05) is 6.20 Å². The minimum absolute atomic E-state index is 0.521. The number of nitriles is 1. The van der Waals surface area contributed by atoms with Crippen molar-refractivity contribution in [2.24, 2.45) is 0 Å². The predicted molar refractivity (Wildman–Crippen MR) is 68.4 cm³/mol. The molecule has 1 N–H and O–H groups in total. The molecule has 1 heterocycles. The van der Waals surface area contributed by atoms with Crippen molar-refractivity contribution in [2.75, 3.05) is 5.32 Å². The van der Waals surface area contributed by atoms with E-state index >= 15 is 0 Å². The second-order valence-electron chi connectivity index (χ2n) is 3.62. The van der Waals surface area contributed by atoms with Gasteiger partial charge in [-0.3, -0.25) is 4.98 Å². The van der Waals surface area contributed by atoms with Crippen molar-refractivity contribution in [3.05, 3.63) is 52.8 Å². The first-order valence-electron chi connectivity index (χ1n) is 5.08. The molecule has 0 fully saturated rings. The van der Waals surface area contributed by atoms with E-state index in [0.717, 1.165) is 16.9 Å². The van der Waals surface area contributed by atoms with E-state index < -0.39 is 0 Å². The van der Waals surface area contributed by atoms with Crippen LogP contribution in [0.2, 0.25) is 5.02 Å². The molecular formula is C13H10ClN3. The Balaban J connectivity index is 2.32. The van der Waals surface area contributed by atoms with Crippen LogP contribution in [0.5, 0.6) is 0 Å². The molecule has 17 heavy (non-hydrogen) atoms. The van der Waals surface area contributed by atoms with Crippen LogP contribution in [0.4, 0.5) is 11.4 Å². The molecule has 0 unspecified atom stereocenters. The van der Waals surface area contributed by atoms with Crippen LogP contribution in [-0.2, 0) is 0 Å². The first-order valence-corrected chi connectivity index (χ1v) is 5.46. The first kappa shape index (κ1) is 11.4. The Morgan fingerprint density at radius 1 is 1.29 bits per heavy atom. The summed E-state index contributed by atoms with van der Waals surface area (Å²) >= 11 is 6.08. The summed E-state index contributed by atoms with van der Waals surface area (Å²) in [4.78, 5) is 4.05. The summed E-state index contributed by atoms with van der Waals surface area (Å²) in [5.41, 5.74) is 3.30. The average molecular weight is 244 g/mol. The van der Waals surface area contributed by atoms with E-state index in [-0.39, 0.29) is 0 Å². The van der Waals surface area contributed by atoms with Crippen LogP contribution in [0.15, 0.2) is 36.7 Å². The second-order valence-corrected chi connectivity index (χ2v) is 4.03. The van der Waals surface area contributed by atoms with Crippen LogP contribution in [0.25, 0.3) is 0 Å². The van der Waals surface area contributed by atoms with Gasteiger partial charge in [-0.05, 0) is 36.8 Å². The molecule has 0 amide bonds. The third-order valence-electron chi connectivity index (χ3n) is 2.41. The predicted octanol–water partition coefficient (Wildman–Crippen LogP) is 3.66. The van der Waals surface area contributed by atoms with Gasteiger partial charge in [0.05, 0.1) is 34.2 Å². The molecule has 0 spiro atoms. The molecule has 0 saturated heterocycles. The van der Waals surface area contributed by atoms with Gasteiger partial charge in [0.1, 0.15) is 0 Å². The highest BCUT2D eigenvalue weighted by atomic mass is 35.5. The molecule has 1 aromatic carbocycles. The number of aromatic nitrogens is 1. The van der Waals surface area contributed by atoms with Crippen molar-refractivity contribution >= 4 is 23.0 Å². The minimum atomic E-state index is 0.521. The normalized spacial score (nSPS) is 9.71. The van der Waals surface area contributed by atoms with Crippen molar-refractivity contribution in [3.8, 4) is 6.07 Å². The maximum atomic E-state index is 8.75. The Kier molecular flexibility index (Phi) is 3.27. The van der Waals surface area contributed by atoms with Crippen molar-refractivity contribution in [2.45, 2.75) is 6.92 Å². The molecule has 2 rings (SSSR count). The van der Waals surface area contributed by atoms with Gasteiger partial charge in [0.25, 0.3) is 0 Å². The fourth-order valence-electron chi connectivity index (χ4n) is 1.43. The van der Waals surface area contributed by atoms with Crippen molar-refractivity contribution in [1.29, 1.82) is 5.26 Å². The Bertz CT molecular complexity index is 587. The lowest BCUT2D eigenvalue weighted by Crippen LogP contribution is -1.94. The smallest absolute Gasteiger partial charge is 0.0992 e. The molecule has 0 radical (unpaired) electrons. The zero-order valence-corrected chi connectivity index (χ0v) is 9.99. The van der Waals surface area contributed by atoms with Crippen LogP contribution >= 0.6 is 11.6 Å². The lowest BCUT2D eigenvalue weighted by molar-refractivity contribution is 1.28. The number of hydrogen-bond donors (Lipinski definition) is 1. The first-order chi connectivity index (χ1) is 8.20. The van der Waals surface area contributed by atoms with Crippen molar-refractivity contribution < 1.29 is 0 Å². The quantitative estimate of drug-likeness (QED) is 0.876. The maximum Gasteiger partial charge on any atom is 0.0992 e. The highest BCUT2D eigenvalue weighted by Gasteiger charge is 2.03. The number of aryl methyl sites for hydroxylation is 1. The van der Waals surface area contributed by atoms with Gasteiger partial charge in [-0.15, -0.1) is 0 Å². The van der Waals surface area contributed by atoms with Crippen molar-refractivity contribution in [1.82, 2.24) is 4.98 Å². The summed E-state index contributed by atoms with van der Waals surface area (Å²) in [5.74, 6) is 0. The van der Waals surface area contributed by atoms with Gasteiger partial charge in [0.2, 0.25) is 0 Å². The van der Waals surface area contributed by atoms with Gasteiger partial charge < -0.3 is 5.32 Å². The highest BCUT2D eigenvalue weighted by molar-refractivity contribution is 6.33. The lowest BCUT2D eigenvalue weighted by atomic mass is 10.2. The number of nitrogens with zero attached hydrogens (tertiary/aromatic N) is 2. The van der Waals surface area contributed by atoms with Gasteiger partial charge >= 0.3 is 0 Å². The fraction of sp³-hybridized carbons (Fsp3) is 0.0769. The molecule has 0 saturated carbocycles. The number of rotatable bonds is 2. The van der Waals surface area contributed by atoms with Gasteiger partial charge in [-0.25, -0.2) is 0 Å². The van der Waals surface area contributed by atoms with Gasteiger partial charge in [-0.2, -0.15) is 5.26 Å². The Labute approximate surface area is 105 Å². The number of pyridine rings is 1. The standard InChI is InChI=1S/C13H10ClN3/c1-9-4-5-16-8-13(9)17-12-3-2-10(7-15)6-11(12)14/h2-6,8,17H,1H3. The Hall–Kier alpha value is -2.05. The zero-order valence-electron chi connectivity index (χ0n) is 9.24. The van der Waals surface area contributed by atoms with E-state index in [9.17, 15) is 0 Å². The van der Waals surface area contributed by atoms with Crippen molar-refractivity contribution in [3.63, 3.8) is 0 Å². The summed E-state index contributed by atoms with van der Waals surface area (Å²) < 4.78 is 0. The molecule has 4 heteroatoms. The molecule has 2 aromatic rings. The summed E-state index contributed by atoms with van der Waals surface area (Å²) in [5, 5.41) is 12.5. The largest absolute Gasteiger partial charge is 0.353 e. The summed E-state index contributed by atoms with van der Waals surface area (Å²) in [6.45, 7) is 1.99. The third-order valence-corrected chi connectivity index (χ3v) is 2.72. The molecule has 0 aliphatic heterocycles. The van der Waals surface area contributed by atoms with Crippen LogP contribution in [0.1, 0.15) is 11.1 Å². The molecule has 0 bridgehead atoms. The number of halogens is 1. The third kappa shape index (κ3) is 2.55. The summed E-state index contributed by atoms with van der Waals surface area (Å²) in [7, 11) is 0. The zero-order chi connectivity index (χ0) is 12.3. The Morgan fingerprint density at radius 2 is 2.12 bits per heavy atom. The van der Waals surface area contributed by atoms with Crippen LogP contribution in [0.3, 0.4) is 0 Å². The monoisotopic (exact) mass is 243 g/mol. The summed E-state index contributed by atoms with van der Waals surface area (Å²) in [6.07, 6.45) is 3.48. The van der Waals surface area contributed by atoms with E-state index in [1.807, 2.05) is 19.1 Å². The SMILES string of the molecule is Cc1ccncc1Nc1ccc(C#N)cc1Cl. The molecule has 3 nitrogen and oxygen atoms in total. The number of anilines is 2. The second kappa shape index (κ2) is 4.86. The minimum Gasteiger partial charge on any atom is -0.353 e. The van der Waals surface area contributed by atoms with Crippen LogP contribution < -0.4 is 5.32 Å². The van der Waals surface area contributed by atoms with Crippen LogP contribution in [-0.4, -0.2) is 4.98 Å². The summed E-state index contributed by atoms with van der Waals surface area (Å²) in [6, 6.07) is 9.10. The molecule has 1 aromatic heterocycles. The van der Waals surface area contributed by atoms with E-state index in [0.29, 0.717) is 10.6 Å². The average Bonchev–Trinajstić information content (AvgIpc) is 2.34. The van der Waals surface area contributed by atoms with E-state index in [1.165, 1.54) is 0 Å². The number of benzene rings is 1. The van der Waals surface area contributed by atoms with E-state index in [1.54, 1.807) is 30.6 Å². The fourth-order valence-corrected chi connectivity index (χ4v) is 1.65. The van der Waals surface area contributed by atoms with Gasteiger partial charge in [-0.1, -0.05) is 11.6 Å². The lowest BCUT2D eigenvalue weighted by Gasteiger charge is -2.10. The number of nitrogens with one attached hydrogen (secondary N) is 1. The molecule has 0 aliphatic carbocycles. The van der Waals surface area contributed by atoms with E-state index in [2.05, 4.69) is 10.3 Å². The molecule has 84 valence electrons. The van der Waals surface area contributed by atoms with E-state index in [4.69, 9.17) is 16.9 Å². The maximum absolute atomic E-state index is 8.75.